The van der Waals surface area contributed by atoms with Crippen molar-refractivity contribution in [3.63, 3.8) is 0 Å². The van der Waals surface area contributed by atoms with Gasteiger partial charge >= 0.3 is 5.97 Å². The van der Waals surface area contributed by atoms with Crippen molar-refractivity contribution in [1.29, 1.82) is 0 Å². The van der Waals surface area contributed by atoms with Crippen LogP contribution in [-0.4, -0.2) is 12.1 Å². The molecule has 0 N–H and O–H groups in total. The van der Waals surface area contributed by atoms with Crippen LogP contribution in [0.15, 0.2) is 12.7 Å². The van der Waals surface area contributed by atoms with Crippen molar-refractivity contribution in [3.8, 4) is 0 Å². The van der Waals surface area contributed by atoms with E-state index >= 15 is 0 Å². The van der Waals surface area contributed by atoms with Gasteiger partial charge in [-0.15, -0.1) is 6.58 Å². The van der Waals surface area contributed by atoms with Crippen molar-refractivity contribution in [2.24, 2.45) is 5.92 Å². The summed E-state index contributed by atoms with van der Waals surface area (Å²) in [6.45, 7) is 6.01. The van der Waals surface area contributed by atoms with Crippen LogP contribution in [0.5, 0.6) is 0 Å². The predicted molar refractivity (Wildman–Crippen MR) is 70.8 cm³/mol. The van der Waals surface area contributed by atoms with E-state index in [1.165, 1.54) is 38.5 Å². The van der Waals surface area contributed by atoms with Gasteiger partial charge in [-0.3, -0.25) is 4.79 Å². The molecule has 0 amide bonds. The van der Waals surface area contributed by atoms with Crippen molar-refractivity contribution < 1.29 is 9.53 Å². The monoisotopic (exact) mass is 238 g/mol. The molecule has 0 radical (unpaired) electrons. The van der Waals surface area contributed by atoms with E-state index in [0.717, 1.165) is 12.8 Å². The van der Waals surface area contributed by atoms with Gasteiger partial charge in [-0.2, -0.15) is 0 Å². The molecule has 0 aromatic rings. The smallest absolute Gasteiger partial charge is 0.306 e. The van der Waals surface area contributed by atoms with E-state index in [4.69, 9.17) is 4.74 Å². The Morgan fingerprint density at radius 1 is 1.29 bits per heavy atom. The summed E-state index contributed by atoms with van der Waals surface area (Å²) in [7, 11) is 0. The molecule has 2 unspecified atom stereocenters. The minimum absolute atomic E-state index is 0.0443. The maximum Gasteiger partial charge on any atom is 0.306 e. The van der Waals surface area contributed by atoms with Crippen molar-refractivity contribution >= 4 is 5.97 Å². The summed E-state index contributed by atoms with van der Waals surface area (Å²) in [5.74, 6) is 0.290. The Hall–Kier alpha value is -0.790. The Bertz CT molecular complexity index is 235. The minimum atomic E-state index is -0.0443. The van der Waals surface area contributed by atoms with Gasteiger partial charge in [0.15, 0.2) is 0 Å². The predicted octanol–water partition coefficient (Wildman–Crippen LogP) is 4.24. The maximum atomic E-state index is 11.3. The fourth-order valence-electron chi connectivity index (χ4n) is 2.43. The number of allylic oxidation sites excluding steroid dienone is 1. The highest BCUT2D eigenvalue weighted by atomic mass is 16.5. The van der Waals surface area contributed by atoms with Crippen LogP contribution in [0.3, 0.4) is 0 Å². The largest absolute Gasteiger partial charge is 0.462 e. The van der Waals surface area contributed by atoms with E-state index in [0.29, 0.717) is 12.3 Å². The highest BCUT2D eigenvalue weighted by Gasteiger charge is 2.26. The van der Waals surface area contributed by atoms with Gasteiger partial charge in [0.25, 0.3) is 0 Å². The van der Waals surface area contributed by atoms with Crippen LogP contribution >= 0.6 is 0 Å². The molecule has 0 aromatic heterocycles. The Morgan fingerprint density at radius 3 is 2.71 bits per heavy atom. The second-order valence-electron chi connectivity index (χ2n) is 5.10. The molecule has 1 aliphatic heterocycles. The summed E-state index contributed by atoms with van der Waals surface area (Å²) in [4.78, 5) is 11.3. The number of rotatable bonds is 8. The molecule has 2 nitrogen and oxygen atoms in total. The van der Waals surface area contributed by atoms with Crippen LogP contribution in [0, 0.1) is 5.92 Å². The number of hydrogen-bond donors (Lipinski definition) is 0. The third kappa shape index (κ3) is 5.90. The van der Waals surface area contributed by atoms with E-state index in [1.54, 1.807) is 0 Å². The summed E-state index contributed by atoms with van der Waals surface area (Å²) in [5, 5.41) is 0. The fraction of sp³-hybridized carbons (Fsp3) is 0.800. The quantitative estimate of drug-likeness (QED) is 0.359. The first-order valence-electron chi connectivity index (χ1n) is 7.08. The molecule has 0 spiro atoms. The van der Waals surface area contributed by atoms with Crippen LogP contribution in [0.25, 0.3) is 0 Å². The number of carbonyl (C=O) groups excluding carboxylic acids is 1. The van der Waals surface area contributed by atoms with Crippen LogP contribution in [0.2, 0.25) is 0 Å². The van der Waals surface area contributed by atoms with Gasteiger partial charge in [-0.05, 0) is 25.2 Å². The summed E-state index contributed by atoms with van der Waals surface area (Å²) >= 11 is 0. The zero-order valence-corrected chi connectivity index (χ0v) is 11.1. The number of unbranched alkanes of at least 4 members (excludes halogenated alkanes) is 5. The lowest BCUT2D eigenvalue weighted by atomic mass is 9.92. The van der Waals surface area contributed by atoms with E-state index in [9.17, 15) is 4.79 Å². The van der Waals surface area contributed by atoms with E-state index < -0.39 is 0 Å². The standard InChI is InChI=1S/C15H26O2/c1-3-5-6-7-8-9-10-14-11-13(4-2)12-15(16)17-14/h4,13-14H,2-3,5-12H2,1H3. The molecular formula is C15H26O2. The molecule has 2 heteroatoms. The van der Waals surface area contributed by atoms with Gasteiger partial charge in [0, 0.05) is 0 Å². The van der Waals surface area contributed by atoms with Gasteiger partial charge < -0.3 is 4.74 Å². The topological polar surface area (TPSA) is 26.3 Å². The molecule has 98 valence electrons. The first kappa shape index (κ1) is 14.3. The molecule has 0 aromatic carbocycles. The SMILES string of the molecule is C=CC1CC(=O)OC(CCCCCCCC)C1. The summed E-state index contributed by atoms with van der Waals surface area (Å²) in [6, 6.07) is 0. The second-order valence-corrected chi connectivity index (χ2v) is 5.10. The highest BCUT2D eigenvalue weighted by Crippen LogP contribution is 2.25. The normalized spacial score (nSPS) is 24.4. The summed E-state index contributed by atoms with van der Waals surface area (Å²) < 4.78 is 5.36. The molecule has 17 heavy (non-hydrogen) atoms. The fourth-order valence-corrected chi connectivity index (χ4v) is 2.43. The van der Waals surface area contributed by atoms with Crippen LogP contribution < -0.4 is 0 Å². The average molecular weight is 238 g/mol. The Balaban J connectivity index is 2.09. The Kier molecular flexibility index (Phi) is 6.99. The third-order valence-electron chi connectivity index (χ3n) is 3.51. The number of carbonyl (C=O) groups is 1. The molecular weight excluding hydrogens is 212 g/mol. The number of hydrogen-bond acceptors (Lipinski definition) is 2. The molecule has 0 aliphatic carbocycles. The van der Waals surface area contributed by atoms with Crippen LogP contribution in [0.1, 0.15) is 64.7 Å². The Labute approximate surface area is 105 Å². The third-order valence-corrected chi connectivity index (χ3v) is 3.51. The lowest BCUT2D eigenvalue weighted by Gasteiger charge is -2.27. The molecule has 1 saturated heterocycles. The van der Waals surface area contributed by atoms with E-state index in [2.05, 4.69) is 13.5 Å². The highest BCUT2D eigenvalue weighted by molar-refractivity contribution is 5.70. The zero-order chi connectivity index (χ0) is 12.5. The van der Waals surface area contributed by atoms with Crippen LogP contribution in [0.4, 0.5) is 0 Å². The van der Waals surface area contributed by atoms with Crippen molar-refractivity contribution in [1.82, 2.24) is 0 Å². The van der Waals surface area contributed by atoms with Crippen LogP contribution in [-0.2, 0) is 9.53 Å². The van der Waals surface area contributed by atoms with Gasteiger partial charge in [0.1, 0.15) is 6.10 Å². The molecule has 1 heterocycles. The van der Waals surface area contributed by atoms with E-state index in [1.807, 2.05) is 6.08 Å². The number of cyclic esters (lactones) is 1. The Morgan fingerprint density at radius 2 is 2.00 bits per heavy atom. The molecule has 1 aliphatic rings. The summed E-state index contributed by atoms with van der Waals surface area (Å²) in [5.41, 5.74) is 0. The van der Waals surface area contributed by atoms with Crippen molar-refractivity contribution in [2.45, 2.75) is 70.8 Å². The van der Waals surface area contributed by atoms with Crippen molar-refractivity contribution in [3.05, 3.63) is 12.7 Å². The zero-order valence-electron chi connectivity index (χ0n) is 11.1. The first-order chi connectivity index (χ1) is 8.26. The molecule has 1 fully saturated rings. The molecule has 0 bridgehead atoms. The summed E-state index contributed by atoms with van der Waals surface area (Å²) in [6.07, 6.45) is 12.3. The van der Waals surface area contributed by atoms with Crippen molar-refractivity contribution in [2.75, 3.05) is 0 Å². The van der Waals surface area contributed by atoms with Gasteiger partial charge in [-0.1, -0.05) is 45.1 Å². The van der Waals surface area contributed by atoms with Gasteiger partial charge in [0.05, 0.1) is 6.42 Å². The molecule has 2 atom stereocenters. The maximum absolute atomic E-state index is 11.3. The first-order valence-corrected chi connectivity index (χ1v) is 7.08. The molecule has 1 rings (SSSR count). The number of ether oxygens (including phenoxy) is 1. The lowest BCUT2D eigenvalue weighted by Crippen LogP contribution is -2.28. The van der Waals surface area contributed by atoms with Gasteiger partial charge in [0.2, 0.25) is 0 Å². The average Bonchev–Trinajstić information content (AvgIpc) is 2.33. The molecule has 0 saturated carbocycles. The van der Waals surface area contributed by atoms with E-state index in [-0.39, 0.29) is 12.1 Å². The number of esters is 1. The minimum Gasteiger partial charge on any atom is -0.462 e. The second kappa shape index (κ2) is 8.32. The lowest BCUT2D eigenvalue weighted by molar-refractivity contribution is -0.156. The van der Waals surface area contributed by atoms with Gasteiger partial charge in [-0.25, -0.2) is 0 Å².